The second-order valence-electron chi connectivity index (χ2n) is 8.50. The number of hydrogen-bond donors (Lipinski definition) is 2. The van der Waals surface area contributed by atoms with Gasteiger partial charge in [-0.25, -0.2) is 9.59 Å². The van der Waals surface area contributed by atoms with E-state index in [1.165, 1.54) is 20.3 Å². The summed E-state index contributed by atoms with van der Waals surface area (Å²) in [6.07, 6.45) is 6.68. The molecule has 0 bridgehead atoms. The Hall–Kier alpha value is -3.19. The number of hydrogen-bond acceptors (Lipinski definition) is 6. The van der Waals surface area contributed by atoms with Crippen LogP contribution in [0.3, 0.4) is 0 Å². The standard InChI is InChI=1S/C27H31ClO7/c1-5-6-7-8-9-16(19-12-17(33-3)13-21(28)22(19)26(30)31)10-11-18-24(29)23-20(14-35-27(23)32)15(2)25(18)34-4/h10,12-13,29H,5-9,11,14H2,1-4H3,(H,30,31)/b16-10-. The number of carbonyl (C=O) groups is 2. The molecule has 3 rings (SSSR count). The Balaban J connectivity index is 2.14. The zero-order chi connectivity index (χ0) is 25.7. The van der Waals surface area contributed by atoms with E-state index in [-0.39, 0.29) is 34.9 Å². The van der Waals surface area contributed by atoms with Gasteiger partial charge in [0, 0.05) is 11.1 Å². The van der Waals surface area contributed by atoms with Crippen LogP contribution in [0.5, 0.6) is 17.2 Å². The van der Waals surface area contributed by atoms with Crippen LogP contribution in [-0.4, -0.2) is 36.4 Å². The summed E-state index contributed by atoms with van der Waals surface area (Å²) in [4.78, 5) is 24.3. The smallest absolute Gasteiger partial charge is 0.342 e. The quantitative estimate of drug-likeness (QED) is 0.273. The Morgan fingerprint density at radius 1 is 1.20 bits per heavy atom. The molecule has 35 heavy (non-hydrogen) atoms. The molecule has 0 unspecified atom stereocenters. The number of fused-ring (bicyclic) bond motifs is 1. The highest BCUT2D eigenvalue weighted by molar-refractivity contribution is 6.34. The van der Waals surface area contributed by atoms with Crippen LogP contribution in [0.15, 0.2) is 18.2 Å². The first-order valence-corrected chi connectivity index (χ1v) is 12.0. The summed E-state index contributed by atoms with van der Waals surface area (Å²) in [5.74, 6) is -0.951. The van der Waals surface area contributed by atoms with Crippen molar-refractivity contribution < 1.29 is 34.0 Å². The number of allylic oxidation sites excluding steroid dienone is 2. The minimum absolute atomic E-state index is 0.000827. The fourth-order valence-corrected chi connectivity index (χ4v) is 4.80. The summed E-state index contributed by atoms with van der Waals surface area (Å²) in [5, 5.41) is 20.9. The molecule has 188 valence electrons. The number of halogens is 1. The van der Waals surface area contributed by atoms with Crippen molar-refractivity contribution in [3.8, 4) is 17.2 Å². The maximum absolute atomic E-state index is 12.2. The van der Waals surface area contributed by atoms with Crippen LogP contribution in [0.4, 0.5) is 0 Å². The van der Waals surface area contributed by atoms with Gasteiger partial charge in [-0.15, -0.1) is 0 Å². The van der Waals surface area contributed by atoms with E-state index in [4.69, 9.17) is 25.8 Å². The summed E-state index contributed by atoms with van der Waals surface area (Å²) < 4.78 is 16.1. The lowest BCUT2D eigenvalue weighted by Crippen LogP contribution is -2.06. The van der Waals surface area contributed by atoms with Gasteiger partial charge in [-0.2, -0.15) is 0 Å². The molecule has 1 aliphatic rings. The number of methoxy groups -OCH3 is 2. The zero-order valence-corrected chi connectivity index (χ0v) is 21.3. The van der Waals surface area contributed by atoms with Gasteiger partial charge in [-0.3, -0.25) is 0 Å². The van der Waals surface area contributed by atoms with Crippen molar-refractivity contribution in [3.63, 3.8) is 0 Å². The number of carboxylic acids is 1. The van der Waals surface area contributed by atoms with Gasteiger partial charge in [0.25, 0.3) is 0 Å². The van der Waals surface area contributed by atoms with Gasteiger partial charge in [-0.1, -0.05) is 43.9 Å². The van der Waals surface area contributed by atoms with E-state index in [1.807, 2.05) is 13.0 Å². The topological polar surface area (TPSA) is 102 Å². The first-order valence-electron chi connectivity index (χ1n) is 11.6. The molecule has 0 radical (unpaired) electrons. The van der Waals surface area contributed by atoms with Crippen molar-refractivity contribution in [2.24, 2.45) is 0 Å². The number of phenolic OH excluding ortho intramolecular Hbond substituents is 1. The lowest BCUT2D eigenvalue weighted by Gasteiger charge is -2.17. The number of rotatable bonds is 11. The van der Waals surface area contributed by atoms with Gasteiger partial charge in [0.1, 0.15) is 29.4 Å². The fourth-order valence-electron chi connectivity index (χ4n) is 4.51. The van der Waals surface area contributed by atoms with Gasteiger partial charge < -0.3 is 24.4 Å². The summed E-state index contributed by atoms with van der Waals surface area (Å²) in [7, 11) is 3.00. The third-order valence-electron chi connectivity index (χ3n) is 6.36. The number of aromatic carboxylic acids is 1. The predicted molar refractivity (Wildman–Crippen MR) is 134 cm³/mol. The van der Waals surface area contributed by atoms with E-state index < -0.39 is 11.9 Å². The minimum atomic E-state index is -1.14. The number of carboxylic acid groups (broad SMARTS) is 1. The van der Waals surface area contributed by atoms with E-state index in [0.717, 1.165) is 36.8 Å². The molecular weight excluding hydrogens is 472 g/mol. The first kappa shape index (κ1) is 26.4. The normalized spacial score (nSPS) is 12.9. The molecule has 2 aromatic carbocycles. The van der Waals surface area contributed by atoms with Crippen LogP contribution in [0.2, 0.25) is 5.02 Å². The second kappa shape index (κ2) is 11.5. The van der Waals surface area contributed by atoms with E-state index in [9.17, 15) is 19.8 Å². The molecule has 1 heterocycles. The molecule has 0 aliphatic carbocycles. The Morgan fingerprint density at radius 2 is 1.94 bits per heavy atom. The molecular formula is C27H31ClO7. The van der Waals surface area contributed by atoms with Crippen LogP contribution in [0.1, 0.15) is 82.0 Å². The van der Waals surface area contributed by atoms with Crippen molar-refractivity contribution in [1.29, 1.82) is 0 Å². The number of carbonyl (C=O) groups excluding carboxylic acids is 1. The average Bonchev–Trinajstić information content (AvgIpc) is 3.22. The van der Waals surface area contributed by atoms with E-state index >= 15 is 0 Å². The summed E-state index contributed by atoms with van der Waals surface area (Å²) in [6.45, 7) is 4.03. The van der Waals surface area contributed by atoms with Crippen LogP contribution in [-0.2, 0) is 17.8 Å². The molecule has 8 heteroatoms. The molecule has 0 fully saturated rings. The Morgan fingerprint density at radius 3 is 2.57 bits per heavy atom. The van der Waals surface area contributed by atoms with E-state index in [2.05, 4.69) is 6.92 Å². The maximum atomic E-state index is 12.2. The molecule has 0 saturated heterocycles. The Bertz CT molecular complexity index is 1170. The number of ether oxygens (including phenoxy) is 3. The molecule has 2 N–H and O–H groups in total. The lowest BCUT2D eigenvalue weighted by atomic mass is 9.91. The van der Waals surface area contributed by atoms with Crippen molar-refractivity contribution in [3.05, 3.63) is 56.6 Å². The van der Waals surface area contributed by atoms with Gasteiger partial charge in [-0.05, 0) is 55.0 Å². The van der Waals surface area contributed by atoms with Crippen LogP contribution in [0, 0.1) is 6.92 Å². The Labute approximate surface area is 210 Å². The number of phenols is 1. The van der Waals surface area contributed by atoms with Gasteiger partial charge in [0.15, 0.2) is 0 Å². The summed E-state index contributed by atoms with van der Waals surface area (Å²) >= 11 is 6.33. The number of unbranched alkanes of at least 4 members (excludes halogenated alkanes) is 3. The largest absolute Gasteiger partial charge is 0.507 e. The first-order chi connectivity index (χ1) is 16.7. The van der Waals surface area contributed by atoms with Gasteiger partial charge in [0.2, 0.25) is 0 Å². The van der Waals surface area contributed by atoms with Crippen molar-refractivity contribution in [1.82, 2.24) is 0 Å². The number of cyclic esters (lactones) is 1. The molecule has 0 atom stereocenters. The average molecular weight is 503 g/mol. The van der Waals surface area contributed by atoms with Crippen LogP contribution in [0.25, 0.3) is 5.57 Å². The van der Waals surface area contributed by atoms with Crippen molar-refractivity contribution >= 4 is 29.1 Å². The molecule has 0 spiro atoms. The molecule has 0 aromatic heterocycles. The van der Waals surface area contributed by atoms with Gasteiger partial charge >= 0.3 is 11.9 Å². The van der Waals surface area contributed by atoms with Crippen molar-refractivity contribution in [2.75, 3.05) is 14.2 Å². The monoisotopic (exact) mass is 502 g/mol. The predicted octanol–water partition coefficient (Wildman–Crippen LogP) is 6.34. The minimum Gasteiger partial charge on any atom is -0.507 e. The SMILES string of the molecule is CCCCCC/C(=C/Cc1c(O)c2c(c(C)c1OC)COC2=O)c1cc(OC)cc(Cl)c1C(=O)O. The lowest BCUT2D eigenvalue weighted by molar-refractivity contribution is 0.0532. The highest BCUT2D eigenvalue weighted by Gasteiger charge is 2.32. The number of aromatic hydroxyl groups is 1. The highest BCUT2D eigenvalue weighted by atomic mass is 35.5. The van der Waals surface area contributed by atoms with E-state index in [0.29, 0.717) is 34.6 Å². The molecule has 7 nitrogen and oxygen atoms in total. The third-order valence-corrected chi connectivity index (χ3v) is 6.66. The molecule has 1 aliphatic heterocycles. The zero-order valence-electron chi connectivity index (χ0n) is 20.5. The van der Waals surface area contributed by atoms with E-state index in [1.54, 1.807) is 6.07 Å². The Kier molecular flexibility index (Phi) is 8.67. The molecule has 0 saturated carbocycles. The number of esters is 1. The summed E-state index contributed by atoms with van der Waals surface area (Å²) in [5.41, 5.74) is 3.18. The molecule has 0 amide bonds. The molecule has 2 aromatic rings. The fraction of sp³-hybridized carbons (Fsp3) is 0.407. The van der Waals surface area contributed by atoms with Crippen molar-refractivity contribution in [2.45, 2.75) is 59.0 Å². The highest BCUT2D eigenvalue weighted by Crippen LogP contribution is 2.42. The summed E-state index contributed by atoms with van der Waals surface area (Å²) in [6, 6.07) is 3.15. The van der Waals surface area contributed by atoms with Crippen LogP contribution < -0.4 is 9.47 Å². The third kappa shape index (κ3) is 5.40. The second-order valence-corrected chi connectivity index (χ2v) is 8.90. The van der Waals surface area contributed by atoms with Gasteiger partial charge in [0.05, 0.1) is 24.8 Å². The maximum Gasteiger partial charge on any atom is 0.342 e. The van der Waals surface area contributed by atoms with Crippen LogP contribution >= 0.6 is 11.6 Å². The number of benzene rings is 2.